The molecule has 1 aliphatic heterocycles. The lowest BCUT2D eigenvalue weighted by molar-refractivity contribution is -0.126. The van der Waals surface area contributed by atoms with Gasteiger partial charge in [0.1, 0.15) is 6.04 Å². The van der Waals surface area contributed by atoms with Gasteiger partial charge in [-0.3, -0.25) is 4.79 Å². The predicted molar refractivity (Wildman–Crippen MR) is 84.7 cm³/mol. The summed E-state index contributed by atoms with van der Waals surface area (Å²) in [5.41, 5.74) is 2.70. The van der Waals surface area contributed by atoms with Crippen molar-refractivity contribution < 1.29 is 9.59 Å². The molecule has 1 unspecified atom stereocenters. The fourth-order valence-corrected chi connectivity index (χ4v) is 3.27. The summed E-state index contributed by atoms with van der Waals surface area (Å²) < 4.78 is 0. The average Bonchev–Trinajstić information content (AvgIpc) is 3.29. The Hall–Kier alpha value is -2.04. The van der Waals surface area contributed by atoms with E-state index in [1.807, 2.05) is 6.07 Å². The molecule has 2 aliphatic rings. The van der Waals surface area contributed by atoms with Crippen LogP contribution >= 0.6 is 0 Å². The average molecular weight is 301 g/mol. The summed E-state index contributed by atoms with van der Waals surface area (Å²) in [5, 5.41) is 5.81. The van der Waals surface area contributed by atoms with Crippen LogP contribution in [0.1, 0.15) is 30.9 Å². The molecule has 1 aromatic rings. The van der Waals surface area contributed by atoms with Gasteiger partial charge in [-0.25, -0.2) is 4.79 Å². The molecule has 0 aromatic heterocycles. The van der Waals surface area contributed by atoms with Crippen molar-refractivity contribution in [1.82, 2.24) is 15.5 Å². The first-order valence-corrected chi connectivity index (χ1v) is 7.92. The molecule has 0 bridgehead atoms. The zero-order valence-corrected chi connectivity index (χ0v) is 13.2. The second-order valence-electron chi connectivity index (χ2n) is 6.41. The normalized spacial score (nSPS) is 22.9. The first kappa shape index (κ1) is 14.9. The summed E-state index contributed by atoms with van der Waals surface area (Å²) in [6, 6.07) is 7.84. The Bertz CT molecular complexity index is 595. The van der Waals surface area contributed by atoms with Gasteiger partial charge in [0.15, 0.2) is 0 Å². The molecular weight excluding hydrogens is 278 g/mol. The number of piperazine rings is 1. The second kappa shape index (κ2) is 5.63. The highest BCUT2D eigenvalue weighted by molar-refractivity contribution is 5.87. The molecule has 118 valence electrons. The first-order chi connectivity index (χ1) is 10.5. The van der Waals surface area contributed by atoms with Gasteiger partial charge in [-0.05, 0) is 37.8 Å². The molecule has 1 saturated carbocycles. The zero-order chi connectivity index (χ0) is 15.7. The molecule has 2 fully saturated rings. The van der Waals surface area contributed by atoms with Gasteiger partial charge in [-0.1, -0.05) is 24.3 Å². The summed E-state index contributed by atoms with van der Waals surface area (Å²) in [4.78, 5) is 25.7. The largest absolute Gasteiger partial charge is 0.353 e. The van der Waals surface area contributed by atoms with Gasteiger partial charge in [-0.15, -0.1) is 0 Å². The molecule has 3 rings (SSSR count). The fourth-order valence-electron chi connectivity index (χ4n) is 3.27. The molecule has 2 N–H and O–H groups in total. The van der Waals surface area contributed by atoms with E-state index in [2.05, 4.69) is 35.8 Å². The molecular formula is C17H23N3O2. The van der Waals surface area contributed by atoms with Crippen molar-refractivity contribution in [3.8, 4) is 0 Å². The van der Waals surface area contributed by atoms with E-state index >= 15 is 0 Å². The number of nitrogens with zero attached hydrogens (tertiary/aromatic N) is 1. The minimum absolute atomic E-state index is 0.0820. The molecule has 22 heavy (non-hydrogen) atoms. The van der Waals surface area contributed by atoms with Gasteiger partial charge in [-0.2, -0.15) is 0 Å². The summed E-state index contributed by atoms with van der Waals surface area (Å²) >= 11 is 0. The molecule has 1 aliphatic carbocycles. The lowest BCUT2D eigenvalue weighted by Gasteiger charge is -2.33. The van der Waals surface area contributed by atoms with Crippen molar-refractivity contribution in [3.05, 3.63) is 35.4 Å². The number of hydrogen-bond donors (Lipinski definition) is 2. The Morgan fingerprint density at radius 2 is 2.14 bits per heavy atom. The molecule has 0 radical (unpaired) electrons. The van der Waals surface area contributed by atoms with Crippen LogP contribution < -0.4 is 10.6 Å². The van der Waals surface area contributed by atoms with Gasteiger partial charge >= 0.3 is 6.03 Å². The summed E-state index contributed by atoms with van der Waals surface area (Å²) in [6.45, 7) is 5.62. The Morgan fingerprint density at radius 1 is 1.41 bits per heavy atom. The predicted octanol–water partition coefficient (Wildman–Crippen LogP) is 1.56. The number of urea groups is 1. The summed E-state index contributed by atoms with van der Waals surface area (Å²) in [5.74, 6) is -0.0820. The highest BCUT2D eigenvalue weighted by Crippen LogP contribution is 2.48. The Morgan fingerprint density at radius 3 is 2.82 bits per heavy atom. The van der Waals surface area contributed by atoms with Crippen LogP contribution in [0.2, 0.25) is 0 Å². The van der Waals surface area contributed by atoms with E-state index in [0.717, 1.165) is 12.8 Å². The third kappa shape index (κ3) is 2.67. The smallest absolute Gasteiger partial charge is 0.318 e. The van der Waals surface area contributed by atoms with Crippen molar-refractivity contribution in [2.24, 2.45) is 0 Å². The topological polar surface area (TPSA) is 61.4 Å². The number of nitrogens with one attached hydrogen (secondary N) is 2. The van der Waals surface area contributed by atoms with Crippen LogP contribution in [0.25, 0.3) is 0 Å². The van der Waals surface area contributed by atoms with E-state index < -0.39 is 6.04 Å². The monoisotopic (exact) mass is 301 g/mol. The van der Waals surface area contributed by atoms with Crippen LogP contribution in [0.3, 0.4) is 0 Å². The van der Waals surface area contributed by atoms with Crippen molar-refractivity contribution in [1.29, 1.82) is 0 Å². The molecule has 1 heterocycles. The third-order valence-corrected chi connectivity index (χ3v) is 4.91. The Labute approximate surface area is 131 Å². The Balaban J connectivity index is 1.64. The molecule has 1 saturated heterocycles. The van der Waals surface area contributed by atoms with E-state index in [4.69, 9.17) is 0 Å². The van der Waals surface area contributed by atoms with E-state index in [9.17, 15) is 9.59 Å². The Kier molecular flexibility index (Phi) is 3.81. The van der Waals surface area contributed by atoms with Crippen molar-refractivity contribution in [2.45, 2.75) is 38.1 Å². The van der Waals surface area contributed by atoms with Crippen LogP contribution in [-0.4, -0.2) is 42.5 Å². The number of carbonyl (C=O) groups excluding carboxylic acids is 2. The SMILES string of the molecule is Cc1ccccc1C1(CNC(=O)N2CCNC(=O)C2C)CC1. The van der Waals surface area contributed by atoms with Gasteiger partial charge in [0.05, 0.1) is 0 Å². The van der Waals surface area contributed by atoms with Gasteiger partial charge < -0.3 is 15.5 Å². The fraction of sp³-hybridized carbons (Fsp3) is 0.529. The maximum atomic E-state index is 12.4. The van der Waals surface area contributed by atoms with Gasteiger partial charge in [0.2, 0.25) is 5.91 Å². The molecule has 1 atom stereocenters. The molecule has 5 heteroatoms. The maximum Gasteiger partial charge on any atom is 0.318 e. The second-order valence-corrected chi connectivity index (χ2v) is 6.41. The van der Waals surface area contributed by atoms with Crippen LogP contribution in [0.15, 0.2) is 24.3 Å². The van der Waals surface area contributed by atoms with Crippen LogP contribution in [-0.2, 0) is 10.2 Å². The standard InChI is InChI=1S/C17H23N3O2/c1-12-5-3-4-6-14(12)17(7-8-17)11-19-16(22)20-10-9-18-15(21)13(20)2/h3-6,13H,7-11H2,1-2H3,(H,18,21)(H,19,22). The number of carbonyl (C=O) groups is 2. The summed E-state index contributed by atoms with van der Waals surface area (Å²) in [6.07, 6.45) is 2.21. The maximum absolute atomic E-state index is 12.4. The molecule has 5 nitrogen and oxygen atoms in total. The molecule has 0 spiro atoms. The quantitative estimate of drug-likeness (QED) is 0.890. The van der Waals surface area contributed by atoms with E-state index in [1.165, 1.54) is 11.1 Å². The number of amides is 3. The van der Waals surface area contributed by atoms with Gasteiger partial charge in [0.25, 0.3) is 0 Å². The molecule has 3 amide bonds. The minimum atomic E-state index is -0.401. The lowest BCUT2D eigenvalue weighted by atomic mass is 9.92. The van der Waals surface area contributed by atoms with Crippen molar-refractivity contribution >= 4 is 11.9 Å². The first-order valence-electron chi connectivity index (χ1n) is 7.92. The van der Waals surface area contributed by atoms with E-state index in [1.54, 1.807) is 11.8 Å². The van der Waals surface area contributed by atoms with Crippen LogP contribution in [0.4, 0.5) is 4.79 Å². The van der Waals surface area contributed by atoms with Crippen molar-refractivity contribution in [2.75, 3.05) is 19.6 Å². The lowest BCUT2D eigenvalue weighted by Crippen LogP contribution is -2.58. The molecule has 1 aromatic carbocycles. The third-order valence-electron chi connectivity index (χ3n) is 4.91. The van der Waals surface area contributed by atoms with Crippen LogP contribution in [0, 0.1) is 6.92 Å². The number of benzene rings is 1. The van der Waals surface area contributed by atoms with Crippen LogP contribution in [0.5, 0.6) is 0 Å². The number of aryl methyl sites for hydroxylation is 1. The highest BCUT2D eigenvalue weighted by Gasteiger charge is 2.45. The van der Waals surface area contributed by atoms with Crippen molar-refractivity contribution in [3.63, 3.8) is 0 Å². The van der Waals surface area contributed by atoms with E-state index in [0.29, 0.717) is 19.6 Å². The zero-order valence-electron chi connectivity index (χ0n) is 13.2. The highest BCUT2D eigenvalue weighted by atomic mass is 16.2. The summed E-state index contributed by atoms with van der Waals surface area (Å²) in [7, 11) is 0. The number of rotatable bonds is 3. The van der Waals surface area contributed by atoms with Gasteiger partial charge in [0, 0.05) is 25.0 Å². The number of hydrogen-bond acceptors (Lipinski definition) is 2. The van der Waals surface area contributed by atoms with E-state index in [-0.39, 0.29) is 17.4 Å². The minimum Gasteiger partial charge on any atom is -0.353 e.